The van der Waals surface area contributed by atoms with Gasteiger partial charge < -0.3 is 15.2 Å². The van der Waals surface area contributed by atoms with Gasteiger partial charge in [0, 0.05) is 12.7 Å². The number of rotatable bonds is 4. The summed E-state index contributed by atoms with van der Waals surface area (Å²) in [6.45, 7) is 1.20. The molecule has 0 atom stereocenters. The number of alkyl halides is 3. The third-order valence-corrected chi connectivity index (χ3v) is 2.43. The molecule has 0 radical (unpaired) electrons. The minimum absolute atomic E-state index is 0.0246. The first-order valence-electron chi connectivity index (χ1n) is 5.28. The highest BCUT2D eigenvalue weighted by atomic mass is 19.4. The molecule has 1 heterocycles. The molecule has 0 saturated heterocycles. The maximum Gasteiger partial charge on any atom is 0.573 e. The molecule has 2 N–H and O–H groups in total. The summed E-state index contributed by atoms with van der Waals surface area (Å²) in [6.07, 6.45) is -3.74. The smallest absolute Gasteiger partial charge is 0.469 e. The molecule has 106 valence electrons. The molecule has 0 spiro atoms. The SMILES string of the molecule is COC(=O)Cc1cnc(CN)c(OC(F)(F)F)c1C. The van der Waals surface area contributed by atoms with Gasteiger partial charge in [0.15, 0.2) is 5.75 Å². The zero-order valence-corrected chi connectivity index (χ0v) is 10.4. The standard InChI is InChI=1S/C11H13F3N2O3/c1-6-7(3-9(17)18-2)5-16-8(4-15)10(6)19-11(12,13)14/h5H,3-4,15H2,1-2H3. The summed E-state index contributed by atoms with van der Waals surface area (Å²) in [4.78, 5) is 14.9. The summed E-state index contributed by atoms with van der Waals surface area (Å²) in [5.74, 6) is -1.04. The molecular weight excluding hydrogens is 265 g/mol. The molecule has 1 aromatic heterocycles. The Kier molecular flexibility index (Phi) is 4.71. The summed E-state index contributed by atoms with van der Waals surface area (Å²) >= 11 is 0. The second-order valence-corrected chi connectivity index (χ2v) is 3.69. The van der Waals surface area contributed by atoms with Gasteiger partial charge in [-0.1, -0.05) is 0 Å². The molecule has 8 heteroatoms. The highest BCUT2D eigenvalue weighted by Crippen LogP contribution is 2.30. The Balaban J connectivity index is 3.18. The maximum atomic E-state index is 12.3. The third-order valence-electron chi connectivity index (χ3n) is 2.43. The fourth-order valence-electron chi connectivity index (χ4n) is 1.48. The molecule has 19 heavy (non-hydrogen) atoms. The van der Waals surface area contributed by atoms with E-state index in [0.29, 0.717) is 5.56 Å². The lowest BCUT2D eigenvalue weighted by Crippen LogP contribution is -2.21. The van der Waals surface area contributed by atoms with Gasteiger partial charge in [-0.2, -0.15) is 0 Å². The van der Waals surface area contributed by atoms with Gasteiger partial charge >= 0.3 is 12.3 Å². The van der Waals surface area contributed by atoms with Crippen molar-refractivity contribution in [3.63, 3.8) is 0 Å². The van der Waals surface area contributed by atoms with Crippen LogP contribution >= 0.6 is 0 Å². The van der Waals surface area contributed by atoms with Crippen molar-refractivity contribution in [3.8, 4) is 5.75 Å². The van der Waals surface area contributed by atoms with Crippen molar-refractivity contribution < 1.29 is 27.4 Å². The number of nitrogens with zero attached hydrogens (tertiary/aromatic N) is 1. The monoisotopic (exact) mass is 278 g/mol. The van der Waals surface area contributed by atoms with Crippen molar-refractivity contribution in [1.82, 2.24) is 4.98 Å². The van der Waals surface area contributed by atoms with E-state index in [0.717, 1.165) is 0 Å². The molecular formula is C11H13F3N2O3. The van der Waals surface area contributed by atoms with Crippen LogP contribution < -0.4 is 10.5 Å². The molecule has 0 aliphatic rings. The Labute approximate surface area is 107 Å². The first-order valence-corrected chi connectivity index (χ1v) is 5.28. The average molecular weight is 278 g/mol. The fourth-order valence-corrected chi connectivity index (χ4v) is 1.48. The van der Waals surface area contributed by atoms with Gasteiger partial charge in [0.25, 0.3) is 0 Å². The number of pyridine rings is 1. The number of aromatic nitrogens is 1. The van der Waals surface area contributed by atoms with Gasteiger partial charge in [-0.25, -0.2) is 0 Å². The number of carbonyl (C=O) groups excluding carboxylic acids is 1. The van der Waals surface area contributed by atoms with E-state index in [1.165, 1.54) is 20.2 Å². The van der Waals surface area contributed by atoms with Gasteiger partial charge in [-0.15, -0.1) is 13.2 Å². The van der Waals surface area contributed by atoms with Crippen LogP contribution in [0.25, 0.3) is 0 Å². The van der Waals surface area contributed by atoms with E-state index in [1.807, 2.05) is 0 Å². The van der Waals surface area contributed by atoms with E-state index in [4.69, 9.17) is 5.73 Å². The van der Waals surface area contributed by atoms with Crippen molar-refractivity contribution in [2.24, 2.45) is 5.73 Å². The third kappa shape index (κ3) is 4.09. The fraction of sp³-hybridized carbons (Fsp3) is 0.455. The maximum absolute atomic E-state index is 12.3. The van der Waals surface area contributed by atoms with Gasteiger partial charge in [-0.3, -0.25) is 9.78 Å². The van der Waals surface area contributed by atoms with E-state index < -0.39 is 18.1 Å². The van der Waals surface area contributed by atoms with Gasteiger partial charge in [-0.05, 0) is 18.1 Å². The Morgan fingerprint density at radius 2 is 2.11 bits per heavy atom. The number of esters is 1. The largest absolute Gasteiger partial charge is 0.573 e. The highest BCUT2D eigenvalue weighted by Gasteiger charge is 2.33. The Bertz CT molecular complexity index is 475. The summed E-state index contributed by atoms with van der Waals surface area (Å²) in [6, 6.07) is 0. The lowest BCUT2D eigenvalue weighted by Gasteiger charge is -2.16. The molecule has 5 nitrogen and oxygen atoms in total. The number of hydrogen-bond donors (Lipinski definition) is 1. The minimum atomic E-state index is -4.85. The lowest BCUT2D eigenvalue weighted by molar-refractivity contribution is -0.275. The lowest BCUT2D eigenvalue weighted by atomic mass is 10.1. The predicted octanol–water partition coefficient (Wildman–Crippen LogP) is 1.46. The predicted molar refractivity (Wildman–Crippen MR) is 59.3 cm³/mol. The zero-order chi connectivity index (χ0) is 14.6. The number of methoxy groups -OCH3 is 1. The van der Waals surface area contributed by atoms with Gasteiger partial charge in [0.2, 0.25) is 0 Å². The number of carbonyl (C=O) groups is 1. The second kappa shape index (κ2) is 5.87. The van der Waals surface area contributed by atoms with E-state index in [1.54, 1.807) is 0 Å². The second-order valence-electron chi connectivity index (χ2n) is 3.69. The quantitative estimate of drug-likeness (QED) is 0.844. The van der Waals surface area contributed by atoms with Crippen LogP contribution in [-0.4, -0.2) is 24.4 Å². The Morgan fingerprint density at radius 1 is 1.47 bits per heavy atom. The van der Waals surface area contributed by atoms with Crippen LogP contribution in [0.3, 0.4) is 0 Å². The molecule has 0 bridgehead atoms. The molecule has 0 aliphatic heterocycles. The van der Waals surface area contributed by atoms with E-state index in [-0.39, 0.29) is 24.2 Å². The van der Waals surface area contributed by atoms with E-state index in [2.05, 4.69) is 14.5 Å². The molecule has 0 aliphatic carbocycles. The van der Waals surface area contributed by atoms with Gasteiger partial charge in [0.1, 0.15) is 0 Å². The van der Waals surface area contributed by atoms with Crippen LogP contribution in [0.5, 0.6) is 5.75 Å². The molecule has 0 fully saturated rings. The van der Waals surface area contributed by atoms with Gasteiger partial charge in [0.05, 0.1) is 19.2 Å². The van der Waals surface area contributed by atoms with Crippen molar-refractivity contribution in [3.05, 3.63) is 23.0 Å². The molecule has 0 aromatic carbocycles. The van der Waals surface area contributed by atoms with Crippen LogP contribution in [0.4, 0.5) is 13.2 Å². The Hall–Kier alpha value is -1.83. The number of nitrogens with two attached hydrogens (primary N) is 1. The molecule has 1 aromatic rings. The van der Waals surface area contributed by atoms with Crippen LogP contribution in [0, 0.1) is 6.92 Å². The van der Waals surface area contributed by atoms with Crippen LogP contribution in [0.15, 0.2) is 6.20 Å². The minimum Gasteiger partial charge on any atom is -0.469 e. The first kappa shape index (κ1) is 15.2. The number of hydrogen-bond acceptors (Lipinski definition) is 5. The number of halogens is 3. The topological polar surface area (TPSA) is 74.4 Å². The van der Waals surface area contributed by atoms with Crippen LogP contribution in [-0.2, 0) is 22.5 Å². The van der Waals surface area contributed by atoms with Crippen LogP contribution in [0.1, 0.15) is 16.8 Å². The molecule has 0 saturated carbocycles. The summed E-state index contributed by atoms with van der Waals surface area (Å²) in [5.41, 5.74) is 5.75. The average Bonchev–Trinajstić information content (AvgIpc) is 2.32. The van der Waals surface area contributed by atoms with Crippen molar-refractivity contribution in [2.45, 2.75) is 26.3 Å². The summed E-state index contributed by atoms with van der Waals surface area (Å²) < 4.78 is 45.3. The summed E-state index contributed by atoms with van der Waals surface area (Å²) in [7, 11) is 1.19. The van der Waals surface area contributed by atoms with Crippen LogP contribution in [0.2, 0.25) is 0 Å². The number of ether oxygens (including phenoxy) is 2. The van der Waals surface area contributed by atoms with Crippen molar-refractivity contribution in [2.75, 3.05) is 7.11 Å². The molecule has 0 unspecified atom stereocenters. The van der Waals surface area contributed by atoms with Crippen molar-refractivity contribution >= 4 is 5.97 Å². The van der Waals surface area contributed by atoms with Crippen molar-refractivity contribution in [1.29, 1.82) is 0 Å². The van der Waals surface area contributed by atoms with E-state index in [9.17, 15) is 18.0 Å². The summed E-state index contributed by atoms with van der Waals surface area (Å²) in [5, 5.41) is 0. The van der Waals surface area contributed by atoms with E-state index >= 15 is 0 Å². The zero-order valence-electron chi connectivity index (χ0n) is 10.4. The first-order chi connectivity index (χ1) is 8.78. The normalized spacial score (nSPS) is 11.3. The Morgan fingerprint density at radius 3 is 2.58 bits per heavy atom. The highest BCUT2D eigenvalue weighted by molar-refractivity contribution is 5.73. The molecule has 1 rings (SSSR count). The molecule has 0 amide bonds.